The Labute approximate surface area is 208 Å². The van der Waals surface area contributed by atoms with Crippen LogP contribution >= 0.6 is 0 Å². The van der Waals surface area contributed by atoms with Crippen LogP contribution in [0.3, 0.4) is 0 Å². The monoisotopic (exact) mass is 490 g/mol. The molecule has 0 radical (unpaired) electrons. The average molecular weight is 491 g/mol. The van der Waals surface area contributed by atoms with E-state index in [-0.39, 0.29) is 59.8 Å². The van der Waals surface area contributed by atoms with E-state index in [1.807, 2.05) is 13.0 Å². The lowest BCUT2D eigenvalue weighted by Gasteiger charge is -2.40. The number of hydrogen-bond donors (Lipinski definition) is 1. The van der Waals surface area contributed by atoms with Crippen LogP contribution in [-0.2, 0) is 29.3 Å². The molecule has 8 heteroatoms. The maximum Gasteiger partial charge on any atom is 0.341 e. The van der Waals surface area contributed by atoms with Gasteiger partial charge in [0.2, 0.25) is 11.8 Å². The summed E-state index contributed by atoms with van der Waals surface area (Å²) in [5, 5.41) is 0. The van der Waals surface area contributed by atoms with E-state index >= 15 is 0 Å². The Morgan fingerprint density at radius 1 is 1.14 bits per heavy atom. The Kier molecular flexibility index (Phi) is 5.90. The quantitative estimate of drug-likeness (QED) is 0.637. The highest BCUT2D eigenvalue weighted by Gasteiger charge is 2.64. The van der Waals surface area contributed by atoms with Crippen molar-refractivity contribution in [2.45, 2.75) is 44.4 Å². The normalized spacial score (nSPS) is 23.1. The molecule has 2 aromatic rings. The molecule has 0 bridgehead atoms. The highest BCUT2D eigenvalue weighted by Crippen LogP contribution is 2.57. The number of halogens is 1. The molecular weight excluding hydrogens is 463 g/mol. The number of ketones is 1. The van der Waals surface area contributed by atoms with Crippen molar-refractivity contribution in [2.24, 2.45) is 5.73 Å². The van der Waals surface area contributed by atoms with Crippen LogP contribution in [0.4, 0.5) is 10.1 Å². The van der Waals surface area contributed by atoms with Gasteiger partial charge in [0.25, 0.3) is 0 Å². The van der Waals surface area contributed by atoms with Crippen LogP contribution in [-0.4, -0.2) is 30.8 Å². The van der Waals surface area contributed by atoms with E-state index in [0.717, 1.165) is 5.56 Å². The van der Waals surface area contributed by atoms with Crippen molar-refractivity contribution in [3.8, 4) is 0 Å². The second-order valence-electron chi connectivity index (χ2n) is 9.16. The van der Waals surface area contributed by atoms with Gasteiger partial charge in [0, 0.05) is 30.6 Å². The molecule has 1 amide bonds. The topological polar surface area (TPSA) is 98.9 Å². The SMILES string of the molecule is CCCN1C(=O)[C@]2(C(C(=O)OCC)=C(N)OC3=C2C(=O)C[C@H](c2ccc(F)cc2)C3)c2ccccc21. The number of amides is 1. The Hall–Kier alpha value is -3.94. The molecule has 36 heavy (non-hydrogen) atoms. The van der Waals surface area contributed by atoms with Crippen LogP contribution in [0.15, 0.2) is 71.3 Å². The summed E-state index contributed by atoms with van der Waals surface area (Å²) < 4.78 is 24.8. The fourth-order valence-electron chi connectivity index (χ4n) is 5.69. The lowest BCUT2D eigenvalue weighted by Crippen LogP contribution is -2.51. The standard InChI is InChI=1S/C28H27FN2O5/c1-3-13-31-20-8-6-5-7-19(20)28(27(31)34)23-21(32)14-17(16-9-11-18(29)12-10-16)15-22(23)36-25(30)24(28)26(33)35-4-2/h5-12,17H,3-4,13-15,30H2,1-2H3/t17-,28+/m0/s1. The van der Waals surface area contributed by atoms with Gasteiger partial charge >= 0.3 is 5.97 Å². The van der Waals surface area contributed by atoms with E-state index in [0.29, 0.717) is 24.2 Å². The number of rotatable bonds is 5. The smallest absolute Gasteiger partial charge is 0.341 e. The van der Waals surface area contributed by atoms with Crippen LogP contribution in [0.5, 0.6) is 0 Å². The molecule has 0 fully saturated rings. The average Bonchev–Trinajstić information content (AvgIpc) is 3.08. The number of allylic oxidation sites excluding steroid dienone is 1. The summed E-state index contributed by atoms with van der Waals surface area (Å²) in [5.74, 6) is -2.18. The predicted molar refractivity (Wildman–Crippen MR) is 130 cm³/mol. The zero-order chi connectivity index (χ0) is 25.6. The summed E-state index contributed by atoms with van der Waals surface area (Å²) >= 11 is 0. The van der Waals surface area contributed by atoms with Gasteiger partial charge in [-0.3, -0.25) is 9.59 Å². The van der Waals surface area contributed by atoms with Crippen molar-refractivity contribution >= 4 is 23.3 Å². The molecule has 5 rings (SSSR count). The molecule has 7 nitrogen and oxygen atoms in total. The maximum absolute atomic E-state index is 14.3. The molecule has 2 heterocycles. The number of carbonyl (C=O) groups excluding carboxylic acids is 3. The summed E-state index contributed by atoms with van der Waals surface area (Å²) in [6.45, 7) is 4.07. The zero-order valence-corrected chi connectivity index (χ0v) is 20.2. The summed E-state index contributed by atoms with van der Waals surface area (Å²) in [6, 6.07) is 13.1. The minimum atomic E-state index is -1.75. The van der Waals surface area contributed by atoms with Crippen molar-refractivity contribution in [1.82, 2.24) is 0 Å². The van der Waals surface area contributed by atoms with Gasteiger partial charge < -0.3 is 20.1 Å². The molecule has 0 aromatic heterocycles. The van der Waals surface area contributed by atoms with Crippen LogP contribution < -0.4 is 10.6 Å². The van der Waals surface area contributed by atoms with Crippen LogP contribution in [0.25, 0.3) is 0 Å². The summed E-state index contributed by atoms with van der Waals surface area (Å²) in [6.07, 6.45) is 1.02. The van der Waals surface area contributed by atoms with Gasteiger partial charge in [-0.05, 0) is 43.0 Å². The van der Waals surface area contributed by atoms with Crippen molar-refractivity contribution < 1.29 is 28.2 Å². The molecule has 0 unspecified atom stereocenters. The van der Waals surface area contributed by atoms with Crippen LogP contribution in [0, 0.1) is 5.82 Å². The molecule has 1 spiro atoms. The van der Waals surface area contributed by atoms with Gasteiger partial charge in [0.1, 0.15) is 22.6 Å². The van der Waals surface area contributed by atoms with Gasteiger partial charge in [-0.15, -0.1) is 0 Å². The van der Waals surface area contributed by atoms with E-state index in [1.54, 1.807) is 42.2 Å². The Bertz CT molecular complexity index is 1330. The number of hydrogen-bond acceptors (Lipinski definition) is 6. The predicted octanol–water partition coefficient (Wildman–Crippen LogP) is 3.98. The second kappa shape index (κ2) is 8.93. The number of para-hydroxylation sites is 1. The molecular formula is C28H27FN2O5. The first-order chi connectivity index (χ1) is 17.3. The van der Waals surface area contributed by atoms with E-state index in [1.165, 1.54) is 12.1 Å². The number of esters is 1. The fraction of sp³-hybridized carbons (Fsp3) is 0.321. The lowest BCUT2D eigenvalue weighted by atomic mass is 9.63. The van der Waals surface area contributed by atoms with E-state index < -0.39 is 17.3 Å². The van der Waals surface area contributed by atoms with Gasteiger partial charge in [-0.1, -0.05) is 37.3 Å². The number of Topliss-reactive ketones (excluding diaryl/α,β-unsaturated/α-hetero) is 1. The van der Waals surface area contributed by atoms with E-state index in [4.69, 9.17) is 15.2 Å². The molecule has 3 aliphatic rings. The van der Waals surface area contributed by atoms with Crippen molar-refractivity contribution in [1.29, 1.82) is 0 Å². The number of nitrogens with two attached hydrogens (primary N) is 1. The number of ether oxygens (including phenoxy) is 2. The van der Waals surface area contributed by atoms with E-state index in [2.05, 4.69) is 0 Å². The minimum absolute atomic E-state index is 0.0622. The Morgan fingerprint density at radius 2 is 1.86 bits per heavy atom. The molecule has 0 saturated carbocycles. The number of anilines is 1. The van der Waals surface area contributed by atoms with Gasteiger partial charge in [-0.2, -0.15) is 0 Å². The third-order valence-corrected chi connectivity index (χ3v) is 7.08. The summed E-state index contributed by atoms with van der Waals surface area (Å²) in [4.78, 5) is 43.1. The van der Waals surface area contributed by atoms with Crippen LogP contribution in [0.1, 0.15) is 50.2 Å². The Morgan fingerprint density at radius 3 is 2.56 bits per heavy atom. The minimum Gasteiger partial charge on any atom is -0.462 e. The first-order valence-corrected chi connectivity index (χ1v) is 12.1. The molecule has 2 atom stereocenters. The third-order valence-electron chi connectivity index (χ3n) is 7.08. The summed E-state index contributed by atoms with van der Waals surface area (Å²) in [5.41, 5.74) is 6.49. The molecule has 1 aliphatic carbocycles. The van der Waals surface area contributed by atoms with Crippen molar-refractivity contribution in [2.75, 3.05) is 18.1 Å². The molecule has 0 saturated heterocycles. The summed E-state index contributed by atoms with van der Waals surface area (Å²) in [7, 11) is 0. The fourth-order valence-corrected chi connectivity index (χ4v) is 5.69. The van der Waals surface area contributed by atoms with Gasteiger partial charge in [0.15, 0.2) is 5.78 Å². The van der Waals surface area contributed by atoms with E-state index in [9.17, 15) is 18.8 Å². The zero-order valence-electron chi connectivity index (χ0n) is 20.2. The van der Waals surface area contributed by atoms with Crippen molar-refractivity contribution in [3.63, 3.8) is 0 Å². The number of carbonyl (C=O) groups is 3. The second-order valence-corrected chi connectivity index (χ2v) is 9.16. The number of benzene rings is 2. The number of fused-ring (bicyclic) bond motifs is 3. The highest BCUT2D eigenvalue weighted by atomic mass is 19.1. The highest BCUT2D eigenvalue weighted by molar-refractivity contribution is 6.23. The van der Waals surface area contributed by atoms with Gasteiger partial charge in [0.05, 0.1) is 12.2 Å². The largest absolute Gasteiger partial charge is 0.462 e. The first kappa shape index (κ1) is 23.8. The maximum atomic E-state index is 14.3. The lowest BCUT2D eigenvalue weighted by molar-refractivity contribution is -0.141. The molecule has 186 valence electrons. The molecule has 2 aliphatic heterocycles. The van der Waals surface area contributed by atoms with Crippen LogP contribution in [0.2, 0.25) is 0 Å². The molecule has 2 aromatic carbocycles. The first-order valence-electron chi connectivity index (χ1n) is 12.1. The Balaban J connectivity index is 1.74. The molecule has 2 N–H and O–H groups in total. The van der Waals surface area contributed by atoms with Crippen molar-refractivity contribution in [3.05, 3.63) is 88.3 Å². The van der Waals surface area contributed by atoms with Gasteiger partial charge in [-0.25, -0.2) is 9.18 Å². The number of nitrogens with zero attached hydrogens (tertiary/aromatic N) is 1. The third kappa shape index (κ3) is 3.35.